The molecule has 0 atom stereocenters. The van der Waals surface area contributed by atoms with Gasteiger partial charge in [-0.2, -0.15) is 0 Å². The highest BCUT2D eigenvalue weighted by molar-refractivity contribution is 5.44. The number of rotatable bonds is 5. The zero-order valence-electron chi connectivity index (χ0n) is 13.2. The van der Waals surface area contributed by atoms with Gasteiger partial charge in [-0.3, -0.25) is 0 Å². The molecule has 0 aliphatic rings. The molecule has 20 heavy (non-hydrogen) atoms. The zero-order valence-corrected chi connectivity index (χ0v) is 13.2. The normalized spacial score (nSPS) is 10.8. The van der Waals surface area contributed by atoms with Crippen LogP contribution in [0.5, 0.6) is 5.75 Å². The van der Waals surface area contributed by atoms with Gasteiger partial charge in [-0.05, 0) is 57.9 Å². The molecule has 2 rings (SSSR count). The summed E-state index contributed by atoms with van der Waals surface area (Å²) in [4.78, 5) is 4.71. The van der Waals surface area contributed by atoms with E-state index in [1.165, 1.54) is 11.4 Å². The van der Waals surface area contributed by atoms with Gasteiger partial charge in [-0.15, -0.1) is 0 Å². The van der Waals surface area contributed by atoms with Crippen LogP contribution in [0.15, 0.2) is 18.2 Å². The summed E-state index contributed by atoms with van der Waals surface area (Å²) in [6.07, 6.45) is 2.22. The summed E-state index contributed by atoms with van der Waals surface area (Å²) < 4.78 is 8.05. The number of hydrogen-bond acceptors (Lipinski definition) is 2. The maximum absolute atomic E-state index is 5.87. The predicted octanol–water partition coefficient (Wildman–Crippen LogP) is 4.28. The third-order valence-corrected chi connectivity index (χ3v) is 3.56. The number of aromatic nitrogens is 2. The molecule has 0 aliphatic heterocycles. The molecule has 0 radical (unpaired) electrons. The Balaban J connectivity index is 2.35. The molecule has 0 aliphatic carbocycles. The van der Waals surface area contributed by atoms with Crippen molar-refractivity contribution in [3.8, 4) is 11.6 Å². The molecular formula is C17H24N2O. The van der Waals surface area contributed by atoms with E-state index in [2.05, 4.69) is 50.5 Å². The van der Waals surface area contributed by atoms with Gasteiger partial charge in [0.2, 0.25) is 0 Å². The van der Waals surface area contributed by atoms with Crippen LogP contribution >= 0.6 is 0 Å². The maximum atomic E-state index is 5.87. The van der Waals surface area contributed by atoms with Crippen LogP contribution in [0.4, 0.5) is 0 Å². The van der Waals surface area contributed by atoms with Crippen LogP contribution in [0.3, 0.4) is 0 Å². The van der Waals surface area contributed by atoms with Crippen LogP contribution in [0.1, 0.15) is 42.4 Å². The second-order valence-corrected chi connectivity index (χ2v) is 5.37. The first-order valence-corrected chi connectivity index (χ1v) is 7.31. The van der Waals surface area contributed by atoms with Gasteiger partial charge in [0.25, 0.3) is 0 Å². The standard InChI is InChI=1S/C17H24N2O/c1-6-7-10-20-17-12(2)11-16(18-15(17)5)19-13(3)8-9-14(19)4/h8-9,11H,6-7,10H2,1-5H3. The average Bonchev–Trinajstić information content (AvgIpc) is 2.72. The minimum Gasteiger partial charge on any atom is -0.491 e. The lowest BCUT2D eigenvalue weighted by molar-refractivity contribution is 0.304. The molecule has 2 heterocycles. The van der Waals surface area contributed by atoms with E-state index in [-0.39, 0.29) is 0 Å². The monoisotopic (exact) mass is 272 g/mol. The smallest absolute Gasteiger partial charge is 0.143 e. The van der Waals surface area contributed by atoms with E-state index in [4.69, 9.17) is 9.72 Å². The second-order valence-electron chi connectivity index (χ2n) is 5.37. The van der Waals surface area contributed by atoms with E-state index < -0.39 is 0 Å². The van der Waals surface area contributed by atoms with Gasteiger partial charge in [0.15, 0.2) is 0 Å². The molecule has 0 saturated carbocycles. The molecule has 3 heteroatoms. The van der Waals surface area contributed by atoms with Crippen LogP contribution in [0, 0.1) is 27.7 Å². The zero-order chi connectivity index (χ0) is 14.7. The maximum Gasteiger partial charge on any atom is 0.143 e. The minimum absolute atomic E-state index is 0.765. The fourth-order valence-electron chi connectivity index (χ4n) is 2.48. The van der Waals surface area contributed by atoms with Gasteiger partial charge < -0.3 is 9.30 Å². The summed E-state index contributed by atoms with van der Waals surface area (Å²) in [5.41, 5.74) is 4.52. The number of ether oxygens (including phenoxy) is 1. The lowest BCUT2D eigenvalue weighted by atomic mass is 10.2. The Kier molecular flexibility index (Phi) is 4.48. The van der Waals surface area contributed by atoms with Crippen molar-refractivity contribution >= 4 is 0 Å². The highest BCUT2D eigenvalue weighted by Crippen LogP contribution is 2.25. The summed E-state index contributed by atoms with van der Waals surface area (Å²) >= 11 is 0. The molecule has 0 aromatic carbocycles. The second kappa shape index (κ2) is 6.12. The molecule has 2 aromatic heterocycles. The number of pyridine rings is 1. The fraction of sp³-hybridized carbons (Fsp3) is 0.471. The van der Waals surface area contributed by atoms with Gasteiger partial charge >= 0.3 is 0 Å². The summed E-state index contributed by atoms with van der Waals surface area (Å²) in [5, 5.41) is 0. The molecule has 0 amide bonds. The topological polar surface area (TPSA) is 27.1 Å². The molecule has 108 valence electrons. The Bertz CT molecular complexity index is 557. The Morgan fingerprint density at radius 3 is 2.30 bits per heavy atom. The Hall–Kier alpha value is -1.77. The first-order chi connectivity index (χ1) is 9.54. The van der Waals surface area contributed by atoms with Crippen molar-refractivity contribution in [2.75, 3.05) is 6.61 Å². The SMILES string of the molecule is CCCCOc1c(C)cc(-n2c(C)ccc2C)nc1C. The van der Waals surface area contributed by atoms with E-state index in [0.29, 0.717) is 0 Å². The first kappa shape index (κ1) is 14.6. The summed E-state index contributed by atoms with van der Waals surface area (Å²) in [6, 6.07) is 6.34. The number of hydrogen-bond donors (Lipinski definition) is 0. The lowest BCUT2D eigenvalue weighted by Gasteiger charge is -2.15. The van der Waals surface area contributed by atoms with Gasteiger partial charge in [0, 0.05) is 11.4 Å². The van der Waals surface area contributed by atoms with Crippen LogP contribution in [0.2, 0.25) is 0 Å². The van der Waals surface area contributed by atoms with Gasteiger partial charge in [0.05, 0.1) is 12.3 Å². The molecular weight excluding hydrogens is 248 g/mol. The molecule has 0 saturated heterocycles. The van der Waals surface area contributed by atoms with Crippen molar-refractivity contribution in [1.82, 2.24) is 9.55 Å². The number of nitrogens with zero attached hydrogens (tertiary/aromatic N) is 2. The third kappa shape index (κ3) is 2.87. The molecule has 0 bridgehead atoms. The Labute approximate surface area is 121 Å². The van der Waals surface area contributed by atoms with Crippen molar-refractivity contribution in [1.29, 1.82) is 0 Å². The Morgan fingerprint density at radius 2 is 1.75 bits per heavy atom. The summed E-state index contributed by atoms with van der Waals surface area (Å²) in [7, 11) is 0. The summed E-state index contributed by atoms with van der Waals surface area (Å²) in [6.45, 7) is 11.2. The number of aryl methyl sites for hydroxylation is 4. The van der Waals surface area contributed by atoms with Crippen LogP contribution in [-0.4, -0.2) is 16.2 Å². The lowest BCUT2D eigenvalue weighted by Crippen LogP contribution is -2.07. The average molecular weight is 272 g/mol. The van der Waals surface area contributed by atoms with E-state index in [1.54, 1.807) is 0 Å². The largest absolute Gasteiger partial charge is 0.491 e. The van der Waals surface area contributed by atoms with Crippen LogP contribution in [0.25, 0.3) is 5.82 Å². The molecule has 2 aromatic rings. The van der Waals surface area contributed by atoms with Crippen LogP contribution in [-0.2, 0) is 0 Å². The molecule has 0 spiro atoms. The minimum atomic E-state index is 0.765. The number of unbranched alkanes of at least 4 members (excludes halogenated alkanes) is 1. The van der Waals surface area contributed by atoms with E-state index in [9.17, 15) is 0 Å². The van der Waals surface area contributed by atoms with Crippen molar-refractivity contribution in [2.45, 2.75) is 47.5 Å². The van der Waals surface area contributed by atoms with E-state index in [0.717, 1.165) is 42.3 Å². The van der Waals surface area contributed by atoms with E-state index in [1.807, 2.05) is 6.92 Å². The first-order valence-electron chi connectivity index (χ1n) is 7.31. The van der Waals surface area contributed by atoms with Gasteiger partial charge in [-0.25, -0.2) is 4.98 Å². The van der Waals surface area contributed by atoms with Gasteiger partial charge in [0.1, 0.15) is 11.6 Å². The van der Waals surface area contributed by atoms with Crippen molar-refractivity contribution in [2.24, 2.45) is 0 Å². The fourth-order valence-corrected chi connectivity index (χ4v) is 2.48. The van der Waals surface area contributed by atoms with Crippen LogP contribution < -0.4 is 4.74 Å². The Morgan fingerprint density at radius 1 is 1.10 bits per heavy atom. The van der Waals surface area contributed by atoms with Crippen molar-refractivity contribution in [3.05, 3.63) is 40.8 Å². The highest BCUT2D eigenvalue weighted by atomic mass is 16.5. The third-order valence-electron chi connectivity index (χ3n) is 3.56. The molecule has 0 fully saturated rings. The molecule has 0 unspecified atom stereocenters. The van der Waals surface area contributed by atoms with E-state index >= 15 is 0 Å². The van der Waals surface area contributed by atoms with Crippen molar-refractivity contribution < 1.29 is 4.74 Å². The van der Waals surface area contributed by atoms with Crippen molar-refractivity contribution in [3.63, 3.8) is 0 Å². The predicted molar refractivity (Wildman–Crippen MR) is 82.9 cm³/mol. The quantitative estimate of drug-likeness (QED) is 0.759. The summed E-state index contributed by atoms with van der Waals surface area (Å²) in [5.74, 6) is 1.91. The molecule has 0 N–H and O–H groups in total. The molecule has 3 nitrogen and oxygen atoms in total. The van der Waals surface area contributed by atoms with Gasteiger partial charge in [-0.1, -0.05) is 13.3 Å². The highest BCUT2D eigenvalue weighted by Gasteiger charge is 2.11.